The predicted octanol–water partition coefficient (Wildman–Crippen LogP) is 3.09. The van der Waals surface area contributed by atoms with E-state index in [4.69, 9.17) is 16.4 Å². The third-order valence-electron chi connectivity index (χ3n) is 2.28. The third kappa shape index (κ3) is 2.37. The van der Waals surface area contributed by atoms with Crippen molar-refractivity contribution in [3.05, 3.63) is 49.6 Å². The Balaban J connectivity index is 2.45. The summed E-state index contributed by atoms with van der Waals surface area (Å²) in [4.78, 5) is 0.774. The molecule has 1 aromatic rings. The van der Waals surface area contributed by atoms with Crippen LogP contribution in [0.4, 0.5) is 0 Å². The van der Waals surface area contributed by atoms with Crippen molar-refractivity contribution in [2.45, 2.75) is 0 Å². The van der Waals surface area contributed by atoms with E-state index in [1.54, 1.807) is 0 Å². The van der Waals surface area contributed by atoms with E-state index in [0.717, 1.165) is 14.0 Å². The van der Waals surface area contributed by atoms with Crippen molar-refractivity contribution in [1.82, 2.24) is 0 Å². The molecule has 0 aliphatic carbocycles. The molecule has 17 heavy (non-hydrogen) atoms. The predicted molar refractivity (Wildman–Crippen MR) is 79.3 cm³/mol. The molecule has 0 aromatic heterocycles. The molecule has 0 unspecified atom stereocenters. The van der Waals surface area contributed by atoms with Crippen LogP contribution in [0.5, 0.6) is 0 Å². The zero-order valence-corrected chi connectivity index (χ0v) is 11.7. The summed E-state index contributed by atoms with van der Waals surface area (Å²) in [7, 11) is 0. The van der Waals surface area contributed by atoms with E-state index in [1.807, 2.05) is 36.4 Å². The van der Waals surface area contributed by atoms with E-state index >= 15 is 0 Å². The van der Waals surface area contributed by atoms with Gasteiger partial charge < -0.3 is 5.73 Å². The van der Waals surface area contributed by atoms with E-state index in [0.29, 0.717) is 5.70 Å². The highest BCUT2D eigenvalue weighted by Crippen LogP contribution is 2.36. The fourth-order valence-electron chi connectivity index (χ4n) is 1.41. The van der Waals surface area contributed by atoms with Gasteiger partial charge >= 0.3 is 0 Å². The van der Waals surface area contributed by atoms with Gasteiger partial charge in [0.1, 0.15) is 16.7 Å². The topological polar surface area (TPSA) is 73.7 Å². The lowest BCUT2D eigenvalue weighted by atomic mass is 10.1. The molecule has 1 aliphatic rings. The summed E-state index contributed by atoms with van der Waals surface area (Å²) >= 11 is 3.47. The summed E-state index contributed by atoms with van der Waals surface area (Å²) in [6, 6.07) is 9.86. The second-order valence-electron chi connectivity index (χ2n) is 3.36. The highest BCUT2D eigenvalue weighted by atomic mass is 127. The van der Waals surface area contributed by atoms with Gasteiger partial charge in [-0.3, -0.25) is 5.41 Å². The number of nitrogens with zero attached hydrogens (tertiary/aromatic N) is 1. The molecule has 0 radical (unpaired) electrons. The lowest BCUT2D eigenvalue weighted by Crippen LogP contribution is -1.99. The van der Waals surface area contributed by atoms with Crippen LogP contribution in [-0.4, -0.2) is 5.04 Å². The van der Waals surface area contributed by atoms with Gasteiger partial charge in [-0.2, -0.15) is 5.26 Å². The minimum Gasteiger partial charge on any atom is -0.397 e. The van der Waals surface area contributed by atoms with Gasteiger partial charge in [-0.25, -0.2) is 0 Å². The first kappa shape index (κ1) is 12.2. The molecule has 0 saturated heterocycles. The fraction of sp³-hybridized carbons (Fsp3) is 0. The van der Waals surface area contributed by atoms with Crippen molar-refractivity contribution < 1.29 is 0 Å². The van der Waals surface area contributed by atoms with Gasteiger partial charge in [0.05, 0.1) is 5.70 Å². The fourth-order valence-corrected chi connectivity index (χ4v) is 2.83. The molecule has 1 aliphatic heterocycles. The van der Waals surface area contributed by atoms with Crippen molar-refractivity contribution in [2.75, 3.05) is 0 Å². The Morgan fingerprint density at radius 1 is 1.41 bits per heavy atom. The maximum absolute atomic E-state index is 8.87. The molecule has 3 nitrogen and oxygen atoms in total. The maximum Gasteiger partial charge on any atom is 0.112 e. The van der Waals surface area contributed by atoms with E-state index in [1.165, 1.54) is 11.8 Å². The molecule has 5 heteroatoms. The molecule has 84 valence electrons. The SMILES string of the molecule is N#CC1=C(N)/C(=C\c2ccccc2I)SC1=N. The molecule has 0 amide bonds. The second kappa shape index (κ2) is 4.94. The summed E-state index contributed by atoms with van der Waals surface area (Å²) in [5.41, 5.74) is 7.57. The molecule has 0 saturated carbocycles. The van der Waals surface area contributed by atoms with E-state index in [2.05, 4.69) is 22.6 Å². The standard InChI is InChI=1S/C12H8IN3S/c13-9-4-2-1-3-7(9)5-10-11(15)8(6-14)12(16)17-10/h1-5,16H,15H2/b10-5+,16-12?. The number of rotatable bonds is 1. The Morgan fingerprint density at radius 2 is 2.12 bits per heavy atom. The maximum atomic E-state index is 8.87. The summed E-state index contributed by atoms with van der Waals surface area (Å²) < 4.78 is 1.11. The number of nitrogens with two attached hydrogens (primary N) is 1. The van der Waals surface area contributed by atoms with Crippen LogP contribution in [0.25, 0.3) is 6.08 Å². The molecule has 0 spiro atoms. The van der Waals surface area contributed by atoms with Gasteiger partial charge in [-0.05, 0) is 40.3 Å². The molecule has 0 fully saturated rings. The van der Waals surface area contributed by atoms with Crippen LogP contribution >= 0.6 is 34.4 Å². The van der Waals surface area contributed by atoms with Crippen molar-refractivity contribution in [3.63, 3.8) is 0 Å². The zero-order chi connectivity index (χ0) is 12.4. The van der Waals surface area contributed by atoms with E-state index in [9.17, 15) is 0 Å². The first-order chi connectivity index (χ1) is 8.13. The number of hydrogen-bond donors (Lipinski definition) is 2. The lowest BCUT2D eigenvalue weighted by Gasteiger charge is -2.01. The number of benzene rings is 1. The molecule has 0 bridgehead atoms. The Labute approximate surface area is 117 Å². The quantitative estimate of drug-likeness (QED) is 0.762. The van der Waals surface area contributed by atoms with Gasteiger partial charge in [0.25, 0.3) is 0 Å². The first-order valence-corrected chi connectivity index (χ1v) is 6.66. The van der Waals surface area contributed by atoms with Crippen LogP contribution in [0.1, 0.15) is 5.56 Å². The summed E-state index contributed by atoms with van der Waals surface area (Å²) in [5, 5.41) is 16.7. The Morgan fingerprint density at radius 3 is 2.71 bits per heavy atom. The first-order valence-electron chi connectivity index (χ1n) is 4.76. The van der Waals surface area contributed by atoms with Crippen molar-refractivity contribution in [2.24, 2.45) is 5.73 Å². The normalized spacial score (nSPS) is 17.6. The molecule has 2 rings (SSSR count). The van der Waals surface area contributed by atoms with Gasteiger partial charge in [0.2, 0.25) is 0 Å². The lowest BCUT2D eigenvalue weighted by molar-refractivity contribution is 1.38. The largest absolute Gasteiger partial charge is 0.397 e. The molecule has 1 aromatic carbocycles. The Hall–Kier alpha value is -1.26. The van der Waals surface area contributed by atoms with Crippen LogP contribution in [0.2, 0.25) is 0 Å². The molecule has 1 heterocycles. The zero-order valence-electron chi connectivity index (χ0n) is 8.70. The smallest absolute Gasteiger partial charge is 0.112 e. The van der Waals surface area contributed by atoms with E-state index < -0.39 is 0 Å². The highest BCUT2D eigenvalue weighted by molar-refractivity contribution is 14.1. The van der Waals surface area contributed by atoms with Crippen molar-refractivity contribution >= 4 is 45.5 Å². The van der Waals surface area contributed by atoms with Gasteiger partial charge in [-0.1, -0.05) is 30.0 Å². The van der Waals surface area contributed by atoms with Crippen LogP contribution in [-0.2, 0) is 0 Å². The van der Waals surface area contributed by atoms with Crippen LogP contribution in [0.15, 0.2) is 40.4 Å². The number of hydrogen-bond acceptors (Lipinski definition) is 4. The molecule has 0 atom stereocenters. The van der Waals surface area contributed by atoms with Gasteiger partial charge in [0.15, 0.2) is 0 Å². The molecule has 3 N–H and O–H groups in total. The summed E-state index contributed by atoms with van der Waals surface area (Å²) in [6.07, 6.45) is 1.92. The third-order valence-corrected chi connectivity index (χ3v) is 4.23. The summed E-state index contributed by atoms with van der Waals surface area (Å²) in [5.74, 6) is 0. The number of nitrogens with one attached hydrogen (secondary N) is 1. The summed E-state index contributed by atoms with van der Waals surface area (Å²) in [6.45, 7) is 0. The van der Waals surface area contributed by atoms with E-state index in [-0.39, 0.29) is 10.6 Å². The average molecular weight is 353 g/mol. The Kier molecular flexibility index (Phi) is 3.54. The monoisotopic (exact) mass is 353 g/mol. The van der Waals surface area contributed by atoms with Crippen LogP contribution in [0.3, 0.4) is 0 Å². The average Bonchev–Trinajstić information content (AvgIpc) is 2.57. The Bertz CT molecular complexity index is 596. The number of halogens is 1. The van der Waals surface area contributed by atoms with Crippen molar-refractivity contribution in [1.29, 1.82) is 10.7 Å². The minimum atomic E-state index is 0.224. The second-order valence-corrected chi connectivity index (χ2v) is 5.58. The molecular formula is C12H8IN3S. The number of nitriles is 1. The molecular weight excluding hydrogens is 345 g/mol. The minimum absolute atomic E-state index is 0.224. The van der Waals surface area contributed by atoms with Crippen molar-refractivity contribution in [3.8, 4) is 6.07 Å². The van der Waals surface area contributed by atoms with Gasteiger partial charge in [0, 0.05) is 8.48 Å². The van der Waals surface area contributed by atoms with Crippen LogP contribution < -0.4 is 5.73 Å². The van der Waals surface area contributed by atoms with Crippen LogP contribution in [0, 0.1) is 20.3 Å². The van der Waals surface area contributed by atoms with Gasteiger partial charge in [-0.15, -0.1) is 0 Å². The number of thioether (sulfide) groups is 1. The highest BCUT2D eigenvalue weighted by Gasteiger charge is 2.23.